The Morgan fingerprint density at radius 1 is 1.35 bits per heavy atom. The molecule has 1 aromatic heterocycles. The third kappa shape index (κ3) is 4.12. The van der Waals surface area contributed by atoms with E-state index in [0.717, 1.165) is 4.90 Å². The third-order valence-electron chi connectivity index (χ3n) is 4.38. The Kier molecular flexibility index (Phi) is 4.55. The van der Waals surface area contributed by atoms with E-state index < -0.39 is 18.9 Å². The second-order valence-corrected chi connectivity index (χ2v) is 6.48. The summed E-state index contributed by atoms with van der Waals surface area (Å²) in [5.41, 5.74) is 0.510. The molecule has 2 aromatic rings. The van der Waals surface area contributed by atoms with Crippen molar-refractivity contribution < 1.29 is 13.6 Å². The first-order valence-electron chi connectivity index (χ1n) is 9.72. The molecule has 0 saturated heterocycles. The van der Waals surface area contributed by atoms with Gasteiger partial charge in [-0.05, 0) is 37.8 Å². The molecule has 1 saturated carbocycles. The van der Waals surface area contributed by atoms with Crippen molar-refractivity contribution in [3.8, 4) is 5.75 Å². The van der Waals surface area contributed by atoms with Gasteiger partial charge in [0.15, 0.2) is 0 Å². The normalized spacial score (nSPS) is 21.6. The number of hydrogen-bond donors (Lipinski definition) is 0. The van der Waals surface area contributed by atoms with Crippen LogP contribution < -0.4 is 4.74 Å². The summed E-state index contributed by atoms with van der Waals surface area (Å²) in [6, 6.07) is 4.48. The maximum Gasteiger partial charge on any atom is 0.256 e. The smallest absolute Gasteiger partial charge is 0.256 e. The summed E-state index contributed by atoms with van der Waals surface area (Å²) in [6.45, 7) is 4.47. The van der Waals surface area contributed by atoms with Crippen LogP contribution in [0.3, 0.4) is 0 Å². The van der Waals surface area contributed by atoms with Gasteiger partial charge in [-0.15, -0.1) is 0 Å². The van der Waals surface area contributed by atoms with E-state index in [1.165, 1.54) is 18.7 Å². The Morgan fingerprint density at radius 2 is 2.08 bits per heavy atom. The van der Waals surface area contributed by atoms with Crippen LogP contribution >= 0.6 is 11.6 Å². The van der Waals surface area contributed by atoms with E-state index in [1.807, 2.05) is 0 Å². The summed E-state index contributed by atoms with van der Waals surface area (Å²) >= 11 is 6.04. The molecule has 1 aliphatic rings. The van der Waals surface area contributed by atoms with Crippen molar-refractivity contribution >= 4 is 23.2 Å². The molecule has 0 N–H and O–H groups in total. The second-order valence-electron chi connectivity index (χ2n) is 6.08. The maximum atomic E-state index is 12.8. The van der Waals surface area contributed by atoms with Crippen LogP contribution in [0.4, 0.5) is 5.69 Å². The third-order valence-corrected chi connectivity index (χ3v) is 4.68. The molecule has 0 atom stereocenters. The number of carbonyl (C=O) groups excluding carboxylic acids is 1. The minimum absolute atomic E-state index is 0.116. The van der Waals surface area contributed by atoms with Crippen LogP contribution in [-0.4, -0.2) is 39.9 Å². The second kappa shape index (κ2) is 8.15. The highest BCUT2D eigenvalue weighted by Crippen LogP contribution is 2.32. The standard InChI is InChI=1S/C19H19ClN4O2/c1-21-18-8-7-16(9-17(18)20)26-15-5-3-14(4-6-15)24(2)19(25)13-10-22-12-23-11-13/h7-12,14-15H,3-6H2,2H3/i2D3. The van der Waals surface area contributed by atoms with Crippen LogP contribution in [0.2, 0.25) is 5.02 Å². The summed E-state index contributed by atoms with van der Waals surface area (Å²) in [7, 11) is 0. The molecule has 1 aliphatic carbocycles. The Bertz CT molecular complexity index is 910. The van der Waals surface area contributed by atoms with Crippen molar-refractivity contribution in [3.63, 3.8) is 0 Å². The number of amides is 1. The average molecular weight is 374 g/mol. The van der Waals surface area contributed by atoms with Gasteiger partial charge in [0.25, 0.3) is 5.91 Å². The van der Waals surface area contributed by atoms with Gasteiger partial charge in [0.05, 0.1) is 23.3 Å². The Morgan fingerprint density at radius 3 is 2.69 bits per heavy atom. The number of carbonyl (C=O) groups is 1. The summed E-state index contributed by atoms with van der Waals surface area (Å²) < 4.78 is 29.4. The fourth-order valence-corrected chi connectivity index (χ4v) is 3.19. The largest absolute Gasteiger partial charge is 0.490 e. The number of ether oxygens (including phenoxy) is 1. The molecule has 26 heavy (non-hydrogen) atoms. The van der Waals surface area contributed by atoms with E-state index in [0.29, 0.717) is 42.1 Å². The van der Waals surface area contributed by atoms with Crippen molar-refractivity contribution in [3.05, 3.63) is 58.9 Å². The summed E-state index contributed by atoms with van der Waals surface area (Å²) in [5, 5.41) is 0.329. The lowest BCUT2D eigenvalue weighted by molar-refractivity contribution is 0.0609. The van der Waals surface area contributed by atoms with Crippen LogP contribution in [0.25, 0.3) is 4.85 Å². The minimum atomic E-state index is -2.56. The summed E-state index contributed by atoms with van der Waals surface area (Å²) in [6.07, 6.45) is 5.99. The Balaban J connectivity index is 1.66. The predicted octanol–water partition coefficient (Wildman–Crippen LogP) is 4.14. The zero-order valence-electron chi connectivity index (χ0n) is 16.9. The average Bonchev–Trinajstić information content (AvgIpc) is 2.69. The first-order chi connectivity index (χ1) is 13.8. The maximum absolute atomic E-state index is 12.8. The van der Waals surface area contributed by atoms with Crippen molar-refractivity contribution in [1.82, 2.24) is 14.9 Å². The van der Waals surface area contributed by atoms with Gasteiger partial charge >= 0.3 is 0 Å². The zero-order chi connectivity index (χ0) is 21.0. The number of benzene rings is 1. The Hall–Kier alpha value is -2.65. The summed E-state index contributed by atoms with van der Waals surface area (Å²) in [4.78, 5) is 24.7. The van der Waals surface area contributed by atoms with Crippen LogP contribution in [0.15, 0.2) is 36.9 Å². The number of nitrogens with zero attached hydrogens (tertiary/aromatic N) is 4. The lowest BCUT2D eigenvalue weighted by Gasteiger charge is -2.34. The van der Waals surface area contributed by atoms with E-state index in [4.69, 9.17) is 27.0 Å². The van der Waals surface area contributed by atoms with E-state index in [1.54, 1.807) is 18.2 Å². The predicted molar refractivity (Wildman–Crippen MR) is 98.5 cm³/mol. The van der Waals surface area contributed by atoms with Crippen LogP contribution in [0.5, 0.6) is 5.75 Å². The van der Waals surface area contributed by atoms with Crippen molar-refractivity contribution in [2.75, 3.05) is 6.98 Å². The van der Waals surface area contributed by atoms with E-state index in [-0.39, 0.29) is 11.7 Å². The molecular weight excluding hydrogens is 352 g/mol. The fraction of sp³-hybridized carbons (Fsp3) is 0.368. The zero-order valence-corrected chi connectivity index (χ0v) is 14.7. The molecule has 0 radical (unpaired) electrons. The summed E-state index contributed by atoms with van der Waals surface area (Å²) in [5.74, 6) is -0.0347. The lowest BCUT2D eigenvalue weighted by Crippen LogP contribution is -2.41. The molecule has 1 fully saturated rings. The van der Waals surface area contributed by atoms with Crippen molar-refractivity contribution in [1.29, 1.82) is 0 Å². The highest BCUT2D eigenvalue weighted by atomic mass is 35.5. The molecule has 1 heterocycles. The quantitative estimate of drug-likeness (QED) is 0.755. The van der Waals surface area contributed by atoms with Gasteiger partial charge in [-0.3, -0.25) is 4.79 Å². The first kappa shape index (κ1) is 14.5. The highest BCUT2D eigenvalue weighted by molar-refractivity contribution is 6.33. The molecule has 0 bridgehead atoms. The molecule has 7 heteroatoms. The van der Waals surface area contributed by atoms with E-state index in [9.17, 15) is 4.79 Å². The van der Waals surface area contributed by atoms with Gasteiger partial charge in [-0.25, -0.2) is 14.8 Å². The van der Waals surface area contributed by atoms with Gasteiger partial charge in [0.1, 0.15) is 12.1 Å². The van der Waals surface area contributed by atoms with E-state index in [2.05, 4.69) is 14.8 Å². The number of rotatable bonds is 4. The monoisotopic (exact) mass is 373 g/mol. The minimum Gasteiger partial charge on any atom is -0.490 e. The van der Waals surface area contributed by atoms with Crippen molar-refractivity contribution in [2.24, 2.45) is 0 Å². The number of hydrogen-bond acceptors (Lipinski definition) is 4. The fourth-order valence-electron chi connectivity index (χ4n) is 2.98. The SMILES string of the molecule is [2H]C([2H])([2H])N(C(=O)c1cncnc1)C1CCC(Oc2ccc([N+]#[C-])c(Cl)c2)CC1. The van der Waals surface area contributed by atoms with Gasteiger partial charge in [0.2, 0.25) is 5.69 Å². The molecule has 3 rings (SSSR count). The first-order valence-corrected chi connectivity index (χ1v) is 8.59. The Labute approximate surface area is 161 Å². The van der Waals surface area contributed by atoms with Gasteiger partial charge in [-0.1, -0.05) is 17.7 Å². The molecule has 1 aromatic carbocycles. The van der Waals surface area contributed by atoms with Crippen LogP contribution in [-0.2, 0) is 0 Å². The van der Waals surface area contributed by atoms with Crippen molar-refractivity contribution in [2.45, 2.75) is 37.8 Å². The van der Waals surface area contributed by atoms with Gasteiger partial charge < -0.3 is 9.64 Å². The number of aromatic nitrogens is 2. The molecule has 0 aliphatic heterocycles. The molecule has 0 unspecified atom stereocenters. The topological polar surface area (TPSA) is 59.7 Å². The molecule has 134 valence electrons. The molecule has 1 amide bonds. The lowest BCUT2D eigenvalue weighted by atomic mass is 9.91. The molecule has 0 spiro atoms. The molecule has 6 nitrogen and oxygen atoms in total. The van der Waals surface area contributed by atoms with Gasteiger partial charge in [0, 0.05) is 29.5 Å². The number of halogens is 1. The van der Waals surface area contributed by atoms with Crippen LogP contribution in [0.1, 0.15) is 40.2 Å². The molecular formula is C19H19ClN4O2. The van der Waals surface area contributed by atoms with Crippen LogP contribution in [0, 0.1) is 6.57 Å². The highest BCUT2D eigenvalue weighted by Gasteiger charge is 2.28. The van der Waals surface area contributed by atoms with E-state index >= 15 is 0 Å². The van der Waals surface area contributed by atoms with Gasteiger partial charge in [-0.2, -0.15) is 0 Å².